The van der Waals surface area contributed by atoms with Crippen molar-refractivity contribution in [2.75, 3.05) is 5.32 Å². The molecule has 0 aliphatic heterocycles. The fourth-order valence-corrected chi connectivity index (χ4v) is 2.55. The van der Waals surface area contributed by atoms with Crippen molar-refractivity contribution >= 4 is 27.7 Å². The minimum Gasteiger partial charge on any atom is -0.440 e. The second-order valence-electron chi connectivity index (χ2n) is 5.41. The van der Waals surface area contributed by atoms with Gasteiger partial charge in [-0.05, 0) is 50.2 Å². The van der Waals surface area contributed by atoms with E-state index in [1.165, 1.54) is 0 Å². The van der Waals surface area contributed by atoms with Crippen molar-refractivity contribution in [2.45, 2.75) is 20.0 Å². The Morgan fingerprint density at radius 2 is 2.00 bits per heavy atom. The molecule has 1 unspecified atom stereocenters. The monoisotopic (exact) mass is 401 g/mol. The average Bonchev–Trinajstić information content (AvgIpc) is 2.97. The van der Waals surface area contributed by atoms with Crippen LogP contribution in [0.25, 0.3) is 11.3 Å². The molecule has 0 fully saturated rings. The summed E-state index contributed by atoms with van der Waals surface area (Å²) in [6, 6.07) is 13.0. The largest absolute Gasteiger partial charge is 0.440 e. The molecule has 2 heterocycles. The predicted octanol–water partition coefficient (Wildman–Crippen LogP) is 5.12. The molecule has 7 heteroatoms. The Morgan fingerprint density at radius 1 is 1.24 bits per heavy atom. The van der Waals surface area contributed by atoms with Crippen LogP contribution in [0, 0.1) is 6.92 Å². The molecule has 128 valence electrons. The summed E-state index contributed by atoms with van der Waals surface area (Å²) in [4.78, 5) is 16.4. The topological polar surface area (TPSA) is 77.2 Å². The van der Waals surface area contributed by atoms with Gasteiger partial charge in [0.05, 0.1) is 5.69 Å². The van der Waals surface area contributed by atoms with Crippen LogP contribution < -0.4 is 5.32 Å². The molecule has 3 aromatic rings. The highest BCUT2D eigenvalue weighted by Crippen LogP contribution is 2.32. The molecule has 0 saturated heterocycles. The molecule has 2 aromatic heterocycles. The number of aromatic nitrogens is 2. The van der Waals surface area contributed by atoms with Crippen LogP contribution in [0.15, 0.2) is 57.7 Å². The number of rotatable bonds is 4. The number of ether oxygens (including phenoxy) is 1. The zero-order valence-electron chi connectivity index (χ0n) is 13.7. The second kappa shape index (κ2) is 7.48. The van der Waals surface area contributed by atoms with E-state index in [0.29, 0.717) is 22.8 Å². The smallest absolute Gasteiger partial charge is 0.412 e. The predicted molar refractivity (Wildman–Crippen MR) is 97.1 cm³/mol. The number of aryl methyl sites for hydroxylation is 1. The molecule has 0 aliphatic carbocycles. The van der Waals surface area contributed by atoms with Crippen molar-refractivity contribution < 1.29 is 14.1 Å². The highest BCUT2D eigenvalue weighted by atomic mass is 79.9. The molecule has 1 amide bonds. The summed E-state index contributed by atoms with van der Waals surface area (Å²) in [6.45, 7) is 3.52. The van der Waals surface area contributed by atoms with Crippen molar-refractivity contribution in [3.05, 3.63) is 64.5 Å². The van der Waals surface area contributed by atoms with Crippen molar-refractivity contribution in [2.24, 2.45) is 0 Å². The third-order valence-electron chi connectivity index (χ3n) is 3.58. The van der Waals surface area contributed by atoms with Crippen LogP contribution in [0.5, 0.6) is 0 Å². The zero-order chi connectivity index (χ0) is 17.8. The highest BCUT2D eigenvalue weighted by Gasteiger charge is 2.20. The Kier molecular flexibility index (Phi) is 5.14. The fourth-order valence-electron chi connectivity index (χ4n) is 2.28. The van der Waals surface area contributed by atoms with E-state index in [2.05, 4.69) is 31.4 Å². The standard InChI is InChI=1S/C18H16BrN3O3/c1-11-16(17(25-22-11)13-6-8-14(19)9-7-13)21-18(23)24-12(2)15-5-3-4-10-20-15/h3-10,12H,1-2H3,(H,21,23). The van der Waals surface area contributed by atoms with Crippen LogP contribution in [0.3, 0.4) is 0 Å². The maximum Gasteiger partial charge on any atom is 0.412 e. The SMILES string of the molecule is Cc1noc(-c2ccc(Br)cc2)c1NC(=O)OC(C)c1ccccn1. The number of amides is 1. The summed E-state index contributed by atoms with van der Waals surface area (Å²) in [5, 5.41) is 6.65. The Labute approximate surface area is 153 Å². The summed E-state index contributed by atoms with van der Waals surface area (Å²) in [5.41, 5.74) is 2.53. The van der Waals surface area contributed by atoms with Crippen LogP contribution in [-0.4, -0.2) is 16.2 Å². The van der Waals surface area contributed by atoms with E-state index in [4.69, 9.17) is 9.26 Å². The lowest BCUT2D eigenvalue weighted by molar-refractivity contribution is 0.119. The van der Waals surface area contributed by atoms with Gasteiger partial charge in [-0.2, -0.15) is 0 Å². The Morgan fingerprint density at radius 3 is 2.68 bits per heavy atom. The number of nitrogens with zero attached hydrogens (tertiary/aromatic N) is 2. The van der Waals surface area contributed by atoms with Crippen LogP contribution in [0.1, 0.15) is 24.4 Å². The van der Waals surface area contributed by atoms with Gasteiger partial charge >= 0.3 is 6.09 Å². The first kappa shape index (κ1) is 17.2. The number of hydrogen-bond acceptors (Lipinski definition) is 5. The Bertz CT molecular complexity index is 863. The summed E-state index contributed by atoms with van der Waals surface area (Å²) in [5.74, 6) is 0.479. The van der Waals surface area contributed by atoms with E-state index < -0.39 is 12.2 Å². The van der Waals surface area contributed by atoms with Gasteiger partial charge in [-0.3, -0.25) is 10.3 Å². The minimum absolute atomic E-state index is 0.475. The van der Waals surface area contributed by atoms with Crippen molar-refractivity contribution in [3.8, 4) is 11.3 Å². The molecule has 3 rings (SSSR count). The second-order valence-corrected chi connectivity index (χ2v) is 6.32. The normalized spacial score (nSPS) is 11.8. The first-order valence-electron chi connectivity index (χ1n) is 7.65. The van der Waals surface area contributed by atoms with E-state index >= 15 is 0 Å². The summed E-state index contributed by atoms with van der Waals surface area (Å²) < 4.78 is 11.7. The molecule has 1 atom stereocenters. The quantitative estimate of drug-likeness (QED) is 0.656. The first-order chi connectivity index (χ1) is 12.0. The van der Waals surface area contributed by atoms with Crippen LogP contribution in [0.4, 0.5) is 10.5 Å². The fraction of sp³-hybridized carbons (Fsp3) is 0.167. The number of nitrogens with one attached hydrogen (secondary N) is 1. The van der Waals surface area contributed by atoms with Crippen LogP contribution in [0.2, 0.25) is 0 Å². The molecule has 25 heavy (non-hydrogen) atoms. The number of hydrogen-bond donors (Lipinski definition) is 1. The lowest BCUT2D eigenvalue weighted by atomic mass is 10.1. The third kappa shape index (κ3) is 4.06. The molecular formula is C18H16BrN3O3. The third-order valence-corrected chi connectivity index (χ3v) is 4.11. The maximum absolute atomic E-state index is 12.2. The summed E-state index contributed by atoms with van der Waals surface area (Å²) in [7, 11) is 0. The number of carbonyl (C=O) groups is 1. The van der Waals surface area contributed by atoms with Gasteiger partial charge in [0, 0.05) is 16.2 Å². The first-order valence-corrected chi connectivity index (χ1v) is 8.44. The minimum atomic E-state index is -0.595. The molecule has 0 bridgehead atoms. The van der Waals surface area contributed by atoms with Gasteiger partial charge in [-0.25, -0.2) is 4.79 Å². The molecule has 0 saturated carbocycles. The van der Waals surface area contributed by atoms with Gasteiger partial charge < -0.3 is 9.26 Å². The van der Waals surface area contributed by atoms with E-state index in [-0.39, 0.29) is 0 Å². The van der Waals surface area contributed by atoms with Crippen molar-refractivity contribution in [3.63, 3.8) is 0 Å². The number of benzene rings is 1. The molecule has 0 radical (unpaired) electrons. The van der Waals surface area contributed by atoms with Crippen molar-refractivity contribution in [1.82, 2.24) is 10.1 Å². The van der Waals surface area contributed by atoms with Gasteiger partial charge in [0.15, 0.2) is 5.76 Å². The average molecular weight is 402 g/mol. The van der Waals surface area contributed by atoms with Gasteiger partial charge in [0.2, 0.25) is 0 Å². The van der Waals surface area contributed by atoms with E-state index in [9.17, 15) is 4.79 Å². The van der Waals surface area contributed by atoms with Gasteiger partial charge in [-0.1, -0.05) is 27.2 Å². The van der Waals surface area contributed by atoms with Crippen LogP contribution >= 0.6 is 15.9 Å². The van der Waals surface area contributed by atoms with Crippen molar-refractivity contribution in [1.29, 1.82) is 0 Å². The number of anilines is 1. The lowest BCUT2D eigenvalue weighted by Gasteiger charge is -2.13. The molecule has 1 aromatic carbocycles. The molecule has 0 spiro atoms. The summed E-state index contributed by atoms with van der Waals surface area (Å²) >= 11 is 3.39. The van der Waals surface area contributed by atoms with E-state index in [0.717, 1.165) is 10.0 Å². The van der Waals surface area contributed by atoms with E-state index in [1.54, 1.807) is 32.2 Å². The molecule has 6 nitrogen and oxygen atoms in total. The van der Waals surface area contributed by atoms with Crippen LogP contribution in [-0.2, 0) is 4.74 Å². The number of pyridine rings is 1. The zero-order valence-corrected chi connectivity index (χ0v) is 15.3. The Balaban J connectivity index is 1.75. The lowest BCUT2D eigenvalue weighted by Crippen LogP contribution is -2.17. The Hall–Kier alpha value is -2.67. The molecule has 0 aliphatic rings. The highest BCUT2D eigenvalue weighted by molar-refractivity contribution is 9.10. The number of halogens is 1. The maximum atomic E-state index is 12.2. The van der Waals surface area contributed by atoms with Gasteiger partial charge in [0.1, 0.15) is 17.5 Å². The van der Waals surface area contributed by atoms with E-state index in [1.807, 2.05) is 30.3 Å². The van der Waals surface area contributed by atoms with Gasteiger partial charge in [0.25, 0.3) is 0 Å². The van der Waals surface area contributed by atoms with Gasteiger partial charge in [-0.15, -0.1) is 0 Å². The number of carbonyl (C=O) groups excluding carboxylic acids is 1. The molecule has 1 N–H and O–H groups in total. The summed E-state index contributed by atoms with van der Waals surface area (Å²) in [6.07, 6.45) is 0.586. The molecular weight excluding hydrogens is 386 g/mol.